The smallest absolute Gasteiger partial charge is 0.101 e. The van der Waals surface area contributed by atoms with Gasteiger partial charge >= 0.3 is 0 Å². The Morgan fingerprint density at radius 2 is 2.25 bits per heavy atom. The fourth-order valence-electron chi connectivity index (χ4n) is 0. The van der Waals surface area contributed by atoms with Crippen molar-refractivity contribution in [3.8, 4) is 0 Å². The zero-order chi connectivity index (χ0) is 3.41. The summed E-state index contributed by atoms with van der Waals surface area (Å²) < 4.78 is 0. The van der Waals surface area contributed by atoms with Crippen LogP contribution in [-0.2, 0) is 0 Å². The lowest BCUT2D eigenvalue weighted by atomic mass is 10.9. The van der Waals surface area contributed by atoms with Gasteiger partial charge in [0.25, 0.3) is 0 Å². The number of nitrogens with zero attached hydrogens (tertiary/aromatic N) is 1. The molecule has 2 heteroatoms. The Balaban J connectivity index is 2.55. The van der Waals surface area contributed by atoms with Crippen molar-refractivity contribution >= 4 is 6.21 Å². The third-order valence-corrected chi connectivity index (χ3v) is 0.100. The van der Waals surface area contributed by atoms with Crippen LogP contribution in [0.25, 0.3) is 0 Å². The first-order valence-electron chi connectivity index (χ1n) is 0.924. The predicted molar refractivity (Wildman–Crippen MR) is 14.9 cm³/mol. The quantitative estimate of drug-likeness (QED) is 0.243. The van der Waals surface area contributed by atoms with Crippen molar-refractivity contribution in [3.05, 3.63) is 0 Å². The van der Waals surface area contributed by atoms with Gasteiger partial charge in [-0.25, -0.2) is 0 Å². The van der Waals surface area contributed by atoms with Gasteiger partial charge in [-0.15, -0.1) is 0 Å². The van der Waals surface area contributed by atoms with Gasteiger partial charge in [-0.3, -0.25) is 0 Å². The summed E-state index contributed by atoms with van der Waals surface area (Å²) in [6.45, 7) is 1.51. The van der Waals surface area contributed by atoms with Crippen LogP contribution in [0.4, 0.5) is 0 Å². The molecule has 0 bridgehead atoms. The number of hydrogen-bond donors (Lipinski definition) is 1. The van der Waals surface area contributed by atoms with Gasteiger partial charge in [-0.1, -0.05) is 5.16 Å². The van der Waals surface area contributed by atoms with Crippen molar-refractivity contribution in [2.45, 2.75) is 6.92 Å². The van der Waals surface area contributed by atoms with E-state index < -0.39 is 0 Å². The standard InChI is InChI=1S/C2H4NO/c1-2-3-4/h4H,1H3. The maximum atomic E-state index is 7.39. The van der Waals surface area contributed by atoms with Crippen LogP contribution < -0.4 is 0 Å². The lowest BCUT2D eigenvalue weighted by molar-refractivity contribution is 0.321. The van der Waals surface area contributed by atoms with Gasteiger partial charge in [0.1, 0.15) is 6.21 Å². The Labute approximate surface area is 24.7 Å². The van der Waals surface area contributed by atoms with Gasteiger partial charge in [0.15, 0.2) is 0 Å². The van der Waals surface area contributed by atoms with Gasteiger partial charge in [0.05, 0.1) is 0 Å². The van der Waals surface area contributed by atoms with E-state index in [2.05, 4.69) is 11.4 Å². The molecule has 0 saturated carbocycles. The average Bonchev–Trinajstić information content (AvgIpc) is 1.37. The molecule has 0 aromatic rings. The van der Waals surface area contributed by atoms with E-state index in [1.54, 1.807) is 0 Å². The summed E-state index contributed by atoms with van der Waals surface area (Å²) >= 11 is 0. The largest absolute Gasteiger partial charge is 0.411 e. The van der Waals surface area contributed by atoms with Crippen LogP contribution >= 0.6 is 0 Å². The van der Waals surface area contributed by atoms with Crippen LogP contribution in [0.2, 0.25) is 0 Å². The monoisotopic (exact) mass is 58.0 g/mol. The topological polar surface area (TPSA) is 32.6 Å². The first-order chi connectivity index (χ1) is 1.91. The highest BCUT2D eigenvalue weighted by molar-refractivity contribution is 5.51. The molecule has 0 aromatic heterocycles. The summed E-state index contributed by atoms with van der Waals surface area (Å²) in [5.74, 6) is 0. The first kappa shape index (κ1) is 3.47. The third-order valence-electron chi connectivity index (χ3n) is 0.100. The summed E-state index contributed by atoms with van der Waals surface area (Å²) in [4.78, 5) is 0. The molecule has 23 valence electrons. The lowest BCUT2D eigenvalue weighted by Gasteiger charge is -1.52. The van der Waals surface area contributed by atoms with E-state index in [9.17, 15) is 0 Å². The van der Waals surface area contributed by atoms with Crippen LogP contribution in [-0.4, -0.2) is 11.4 Å². The molecule has 1 N–H and O–H groups in total. The molecule has 0 aliphatic rings. The molecule has 4 heavy (non-hydrogen) atoms. The highest BCUT2D eigenvalue weighted by Gasteiger charge is 1.37. The van der Waals surface area contributed by atoms with Crippen LogP contribution in [0.1, 0.15) is 6.92 Å². The van der Waals surface area contributed by atoms with Gasteiger partial charge in [0.2, 0.25) is 0 Å². The molecule has 0 atom stereocenters. The van der Waals surface area contributed by atoms with Crippen molar-refractivity contribution in [2.24, 2.45) is 5.16 Å². The molecular weight excluding hydrogens is 54.0 g/mol. The van der Waals surface area contributed by atoms with Crippen molar-refractivity contribution in [2.75, 3.05) is 0 Å². The fourth-order valence-corrected chi connectivity index (χ4v) is 0. The Kier molecular flexibility index (Phi) is 2.14. The first-order valence-corrected chi connectivity index (χ1v) is 0.924. The van der Waals surface area contributed by atoms with Crippen molar-refractivity contribution < 1.29 is 5.21 Å². The maximum Gasteiger partial charge on any atom is 0.101 e. The minimum atomic E-state index is 1.51. The zero-order valence-electron chi connectivity index (χ0n) is 2.39. The van der Waals surface area contributed by atoms with Gasteiger partial charge in [-0.05, 0) is 6.92 Å². The van der Waals surface area contributed by atoms with Crippen molar-refractivity contribution in [1.29, 1.82) is 0 Å². The van der Waals surface area contributed by atoms with Crippen LogP contribution in [0.3, 0.4) is 0 Å². The van der Waals surface area contributed by atoms with Gasteiger partial charge < -0.3 is 5.21 Å². The summed E-state index contributed by atoms with van der Waals surface area (Å²) in [6, 6.07) is 0. The summed E-state index contributed by atoms with van der Waals surface area (Å²) in [5, 5.41) is 9.88. The predicted octanol–water partition coefficient (Wildman–Crippen LogP) is 0.343. The number of rotatable bonds is 0. The van der Waals surface area contributed by atoms with Crippen molar-refractivity contribution in [3.63, 3.8) is 0 Å². The van der Waals surface area contributed by atoms with E-state index >= 15 is 0 Å². The Hall–Kier alpha value is -0.530. The Morgan fingerprint density at radius 1 is 2.00 bits per heavy atom. The highest BCUT2D eigenvalue weighted by Crippen LogP contribution is 1.38. The van der Waals surface area contributed by atoms with E-state index in [1.165, 1.54) is 6.92 Å². The molecule has 0 spiro atoms. The highest BCUT2D eigenvalue weighted by atomic mass is 16.4. The van der Waals surface area contributed by atoms with E-state index in [-0.39, 0.29) is 0 Å². The molecule has 0 fully saturated rings. The SMILES string of the molecule is C/[C]=N\O. The molecule has 1 radical (unpaired) electrons. The third kappa shape index (κ3) is 1.47. The van der Waals surface area contributed by atoms with Crippen LogP contribution in [0.15, 0.2) is 5.16 Å². The number of hydrogen-bond acceptors (Lipinski definition) is 2. The van der Waals surface area contributed by atoms with Gasteiger partial charge in [-0.2, -0.15) is 0 Å². The molecule has 0 aliphatic heterocycles. The second-order valence-electron chi connectivity index (χ2n) is 0.324. The van der Waals surface area contributed by atoms with E-state index in [0.717, 1.165) is 0 Å². The molecule has 0 rings (SSSR count). The van der Waals surface area contributed by atoms with E-state index in [0.29, 0.717) is 0 Å². The molecule has 0 aliphatic carbocycles. The molecular formula is C2H4NO. The van der Waals surface area contributed by atoms with Crippen molar-refractivity contribution in [1.82, 2.24) is 0 Å². The maximum absolute atomic E-state index is 7.39. The zero-order valence-corrected chi connectivity index (χ0v) is 2.39. The summed E-state index contributed by atoms with van der Waals surface area (Å²) in [6.07, 6.45) is 2.11. The summed E-state index contributed by atoms with van der Waals surface area (Å²) in [7, 11) is 0. The molecule has 0 amide bonds. The minimum Gasteiger partial charge on any atom is -0.411 e. The normalized spacial score (nSPS) is 9.25. The fraction of sp³-hybridized carbons (Fsp3) is 0.500. The summed E-state index contributed by atoms with van der Waals surface area (Å²) in [5.41, 5.74) is 0. The molecule has 0 saturated heterocycles. The molecule has 0 aromatic carbocycles. The second kappa shape index (κ2) is 2.47. The van der Waals surface area contributed by atoms with Gasteiger partial charge in [0, 0.05) is 0 Å². The van der Waals surface area contributed by atoms with E-state index in [1.807, 2.05) is 0 Å². The molecule has 0 unspecified atom stereocenters. The lowest BCUT2D eigenvalue weighted by Crippen LogP contribution is -1.49. The minimum absolute atomic E-state index is 1.51. The van der Waals surface area contributed by atoms with E-state index in [4.69, 9.17) is 5.21 Å². The molecule has 0 heterocycles. The van der Waals surface area contributed by atoms with Crippen LogP contribution in [0.5, 0.6) is 0 Å². The average molecular weight is 58.1 g/mol. The Bertz CT molecular complexity index is 21.2. The molecule has 2 nitrogen and oxygen atoms in total. The Morgan fingerprint density at radius 3 is 2.25 bits per heavy atom. The van der Waals surface area contributed by atoms with Crippen LogP contribution in [0, 0.1) is 0 Å². The second-order valence-corrected chi connectivity index (χ2v) is 0.324.